The highest BCUT2D eigenvalue weighted by Crippen LogP contribution is 2.68. The lowest BCUT2D eigenvalue weighted by atomic mass is 10.0. The lowest BCUT2D eigenvalue weighted by Gasteiger charge is -2.28. The molecule has 4 aromatic carbocycles. The van der Waals surface area contributed by atoms with Crippen LogP contribution in [0.2, 0.25) is 0 Å². The molecule has 5 rings (SSSR count). The average Bonchev–Trinajstić information content (AvgIpc) is 3.14. The fourth-order valence-corrected chi connectivity index (χ4v) is 6.35. The molecule has 0 aromatic heterocycles. The van der Waals surface area contributed by atoms with Gasteiger partial charge in [-0.25, -0.2) is 0 Å². The van der Waals surface area contributed by atoms with Crippen molar-refractivity contribution in [3.8, 4) is 5.75 Å². The largest absolute Gasteiger partial charge is 0.427 e. The van der Waals surface area contributed by atoms with E-state index < -0.39 is 13.2 Å². The van der Waals surface area contributed by atoms with Crippen molar-refractivity contribution < 1.29 is 9.09 Å². The van der Waals surface area contributed by atoms with E-state index in [0.29, 0.717) is 5.75 Å². The molecule has 0 aliphatic carbocycles. The summed E-state index contributed by atoms with van der Waals surface area (Å²) >= 11 is 0. The van der Waals surface area contributed by atoms with Gasteiger partial charge < -0.3 is 4.52 Å². The highest BCUT2D eigenvalue weighted by Gasteiger charge is 2.52. The van der Waals surface area contributed by atoms with Crippen molar-refractivity contribution in [2.75, 3.05) is 4.78 Å². The van der Waals surface area contributed by atoms with Crippen LogP contribution in [0.25, 0.3) is 0 Å². The van der Waals surface area contributed by atoms with E-state index in [4.69, 9.17) is 9.63 Å². The lowest BCUT2D eigenvalue weighted by Crippen LogP contribution is -2.17. The van der Waals surface area contributed by atoms with Crippen LogP contribution >= 0.6 is 7.52 Å². The zero-order valence-electron chi connectivity index (χ0n) is 16.8. The summed E-state index contributed by atoms with van der Waals surface area (Å²) in [4.78, 5) is 0. The van der Waals surface area contributed by atoms with E-state index in [9.17, 15) is 4.57 Å². The van der Waals surface area contributed by atoms with Gasteiger partial charge in [0, 0.05) is 0 Å². The summed E-state index contributed by atoms with van der Waals surface area (Å²) in [5.41, 5.74) is 2.76. The van der Waals surface area contributed by atoms with Gasteiger partial charge in [0.2, 0.25) is 0 Å². The van der Waals surface area contributed by atoms with Gasteiger partial charge in [-0.2, -0.15) is 9.88 Å². The molecule has 5 heteroatoms. The summed E-state index contributed by atoms with van der Waals surface area (Å²) in [5, 5.41) is 4.90. The van der Waals surface area contributed by atoms with E-state index in [-0.39, 0.29) is 0 Å². The Bertz CT molecular complexity index is 1230. The third-order valence-electron chi connectivity index (χ3n) is 5.20. The second kappa shape index (κ2) is 8.25. The monoisotopic (exact) mass is 424 g/mol. The van der Waals surface area contributed by atoms with E-state index in [2.05, 4.69) is 0 Å². The van der Waals surface area contributed by atoms with Crippen molar-refractivity contribution in [1.29, 1.82) is 0 Å². The maximum absolute atomic E-state index is 14.8. The highest BCUT2D eigenvalue weighted by molar-refractivity contribution is 7.63. The fraction of sp³-hybridized carbons (Fsp3) is 0.0385. The molecular formula is C26H21N2O2P. The summed E-state index contributed by atoms with van der Waals surface area (Å²) in [7, 11) is -3.55. The second-order valence-electron chi connectivity index (χ2n) is 7.26. The minimum Gasteiger partial charge on any atom is -0.427 e. The third kappa shape index (κ3) is 3.67. The van der Waals surface area contributed by atoms with Crippen LogP contribution in [-0.4, -0.2) is 5.71 Å². The standard InChI is InChI=1S/C26H21N2O2P/c29-31(30-24-19-11-4-12-20-24)26(22-15-7-2-8-16-22)25(21-13-5-1-6-14-21)27-28(31)23-17-9-3-10-18-23/h1-20,26H/t26-,31+/m1/s1. The molecule has 0 saturated carbocycles. The molecule has 2 atom stereocenters. The molecule has 0 N–H and O–H groups in total. The maximum Gasteiger partial charge on any atom is 0.377 e. The molecule has 0 amide bonds. The number of hydrogen-bond donors (Lipinski definition) is 0. The van der Waals surface area contributed by atoms with Crippen LogP contribution in [0.3, 0.4) is 0 Å². The quantitative estimate of drug-likeness (QED) is 0.326. The number of rotatable bonds is 5. The summed E-state index contributed by atoms with van der Waals surface area (Å²) < 4.78 is 22.7. The number of nitrogens with zero attached hydrogens (tertiary/aromatic N) is 2. The normalized spacial score (nSPS) is 20.3. The van der Waals surface area contributed by atoms with Gasteiger partial charge in [0.05, 0.1) is 11.4 Å². The highest BCUT2D eigenvalue weighted by atomic mass is 31.2. The van der Waals surface area contributed by atoms with E-state index in [1.54, 1.807) is 4.78 Å². The van der Waals surface area contributed by atoms with Gasteiger partial charge in [0.1, 0.15) is 11.4 Å². The smallest absolute Gasteiger partial charge is 0.377 e. The zero-order valence-corrected chi connectivity index (χ0v) is 17.7. The Morgan fingerprint density at radius 2 is 1.19 bits per heavy atom. The van der Waals surface area contributed by atoms with Gasteiger partial charge in [0.25, 0.3) is 0 Å². The first kappa shape index (κ1) is 19.3. The Labute approximate surface area is 181 Å². The molecular weight excluding hydrogens is 403 g/mol. The van der Waals surface area contributed by atoms with Crippen LogP contribution in [0, 0.1) is 0 Å². The van der Waals surface area contributed by atoms with Gasteiger partial charge >= 0.3 is 7.52 Å². The molecule has 4 nitrogen and oxygen atoms in total. The van der Waals surface area contributed by atoms with Crippen molar-refractivity contribution in [2.24, 2.45) is 5.10 Å². The zero-order chi connectivity index (χ0) is 21.1. The van der Waals surface area contributed by atoms with Crippen molar-refractivity contribution in [3.63, 3.8) is 0 Å². The Hall–Kier alpha value is -3.62. The Morgan fingerprint density at radius 1 is 0.677 bits per heavy atom. The molecule has 152 valence electrons. The molecule has 0 bridgehead atoms. The van der Waals surface area contributed by atoms with Crippen molar-refractivity contribution >= 4 is 18.9 Å². The molecule has 1 heterocycles. The number of para-hydroxylation sites is 2. The maximum atomic E-state index is 14.8. The van der Waals surface area contributed by atoms with E-state index in [1.165, 1.54) is 0 Å². The molecule has 4 aromatic rings. The fourth-order valence-electron chi connectivity index (χ4n) is 3.79. The summed E-state index contributed by atoms with van der Waals surface area (Å²) in [5.74, 6) is 0.553. The molecule has 0 unspecified atom stereocenters. The SMILES string of the molecule is O=[P@]1(Oc2ccccc2)[C@H](c2ccccc2)C(c2ccccc2)=NN1c1ccccc1. The molecule has 0 radical (unpaired) electrons. The van der Waals surface area contributed by atoms with Crippen LogP contribution in [0.5, 0.6) is 5.75 Å². The molecule has 1 aliphatic rings. The number of anilines is 1. The van der Waals surface area contributed by atoms with Crippen LogP contribution in [0.4, 0.5) is 5.69 Å². The van der Waals surface area contributed by atoms with E-state index >= 15 is 0 Å². The minimum atomic E-state index is -3.55. The first-order valence-corrected chi connectivity index (χ1v) is 11.8. The van der Waals surface area contributed by atoms with E-state index in [1.807, 2.05) is 121 Å². The van der Waals surface area contributed by atoms with Gasteiger partial charge in [-0.3, -0.25) is 4.57 Å². The van der Waals surface area contributed by atoms with Gasteiger partial charge in [-0.05, 0) is 35.4 Å². The Balaban J connectivity index is 1.72. The van der Waals surface area contributed by atoms with Gasteiger partial charge in [-0.1, -0.05) is 97.1 Å². The van der Waals surface area contributed by atoms with Crippen molar-refractivity contribution in [3.05, 3.63) is 132 Å². The van der Waals surface area contributed by atoms with Gasteiger partial charge in [-0.15, -0.1) is 0 Å². The average molecular weight is 424 g/mol. The van der Waals surface area contributed by atoms with Crippen LogP contribution < -0.4 is 9.30 Å². The number of hydrogen-bond acceptors (Lipinski definition) is 3. The molecule has 0 saturated heterocycles. The molecule has 1 aliphatic heterocycles. The minimum absolute atomic E-state index is 0.531. The Morgan fingerprint density at radius 3 is 1.81 bits per heavy atom. The number of hydrazone groups is 1. The van der Waals surface area contributed by atoms with Gasteiger partial charge in [0.15, 0.2) is 0 Å². The number of benzene rings is 4. The molecule has 0 fully saturated rings. The molecule has 31 heavy (non-hydrogen) atoms. The second-order valence-corrected chi connectivity index (χ2v) is 9.46. The van der Waals surface area contributed by atoms with Crippen LogP contribution in [0.15, 0.2) is 126 Å². The Kier molecular flexibility index (Phi) is 5.15. The lowest BCUT2D eigenvalue weighted by molar-refractivity contribution is 0.476. The summed E-state index contributed by atoms with van der Waals surface area (Å²) in [6.07, 6.45) is 0. The first-order chi connectivity index (χ1) is 15.3. The predicted octanol–water partition coefficient (Wildman–Crippen LogP) is 6.92. The first-order valence-electron chi connectivity index (χ1n) is 10.1. The third-order valence-corrected chi connectivity index (χ3v) is 7.72. The van der Waals surface area contributed by atoms with Crippen molar-refractivity contribution in [1.82, 2.24) is 0 Å². The predicted molar refractivity (Wildman–Crippen MR) is 126 cm³/mol. The van der Waals surface area contributed by atoms with E-state index in [0.717, 1.165) is 22.5 Å². The van der Waals surface area contributed by atoms with Crippen LogP contribution in [-0.2, 0) is 4.57 Å². The molecule has 0 spiro atoms. The van der Waals surface area contributed by atoms with Crippen molar-refractivity contribution in [2.45, 2.75) is 5.66 Å². The topological polar surface area (TPSA) is 41.9 Å². The summed E-state index contributed by atoms with van der Waals surface area (Å²) in [6, 6.07) is 38.6. The summed E-state index contributed by atoms with van der Waals surface area (Å²) in [6.45, 7) is 0. The van der Waals surface area contributed by atoms with Crippen LogP contribution in [0.1, 0.15) is 16.8 Å².